The van der Waals surface area contributed by atoms with E-state index in [-0.39, 0.29) is 11.3 Å². The number of rotatable bonds is 15. The summed E-state index contributed by atoms with van der Waals surface area (Å²) in [5.74, 6) is -0.568. The Morgan fingerprint density at radius 1 is 0.750 bits per heavy atom. The fourth-order valence-electron chi connectivity index (χ4n) is 4.25. The zero-order chi connectivity index (χ0) is 25.6. The average Bonchev–Trinajstić information content (AvgIpc) is 2.89. The number of hydrogen-bond acceptors (Lipinski definition) is 4. The molecule has 0 amide bonds. The molecule has 0 spiro atoms. The van der Waals surface area contributed by atoms with Gasteiger partial charge in [0, 0.05) is 5.56 Å². The molecular formula is C31H39FN2O2. The van der Waals surface area contributed by atoms with Crippen molar-refractivity contribution in [3.05, 3.63) is 77.4 Å². The van der Waals surface area contributed by atoms with Crippen LogP contribution in [0.4, 0.5) is 4.39 Å². The van der Waals surface area contributed by atoms with E-state index < -0.39 is 11.8 Å². The molecule has 0 N–H and O–H groups in total. The molecule has 0 aliphatic carbocycles. The van der Waals surface area contributed by atoms with Crippen LogP contribution >= 0.6 is 0 Å². The number of ether oxygens (including phenoxy) is 1. The molecular weight excluding hydrogens is 451 g/mol. The normalized spacial score (nSPS) is 11.0. The van der Waals surface area contributed by atoms with Crippen LogP contribution in [0, 0.1) is 5.82 Å². The Balaban J connectivity index is 1.51. The van der Waals surface area contributed by atoms with Gasteiger partial charge in [-0.2, -0.15) is 0 Å². The highest BCUT2D eigenvalue weighted by molar-refractivity contribution is 5.91. The molecule has 1 heterocycles. The molecule has 0 radical (unpaired) electrons. The van der Waals surface area contributed by atoms with Gasteiger partial charge in [-0.05, 0) is 48.9 Å². The van der Waals surface area contributed by atoms with Gasteiger partial charge in [-0.25, -0.2) is 19.2 Å². The molecule has 0 bridgehead atoms. The lowest BCUT2D eigenvalue weighted by Crippen LogP contribution is -2.11. The van der Waals surface area contributed by atoms with Gasteiger partial charge in [-0.3, -0.25) is 0 Å². The van der Waals surface area contributed by atoms with E-state index in [2.05, 4.69) is 35.9 Å². The maximum absolute atomic E-state index is 14.6. The van der Waals surface area contributed by atoms with Crippen molar-refractivity contribution in [2.24, 2.45) is 0 Å². The Morgan fingerprint density at radius 3 is 1.89 bits per heavy atom. The monoisotopic (exact) mass is 490 g/mol. The predicted octanol–water partition coefficient (Wildman–Crippen LogP) is 8.53. The number of esters is 1. The maximum atomic E-state index is 14.6. The third-order valence-electron chi connectivity index (χ3n) is 6.44. The number of aromatic nitrogens is 2. The molecule has 5 heteroatoms. The van der Waals surface area contributed by atoms with Gasteiger partial charge in [0.1, 0.15) is 5.82 Å². The summed E-state index contributed by atoms with van der Waals surface area (Å²) in [6, 6.07) is 13.0. The Labute approximate surface area is 215 Å². The molecule has 192 valence electrons. The van der Waals surface area contributed by atoms with Crippen molar-refractivity contribution in [2.75, 3.05) is 0 Å². The Hall–Kier alpha value is -3.08. The lowest BCUT2D eigenvalue weighted by Gasteiger charge is -2.08. The molecule has 36 heavy (non-hydrogen) atoms. The summed E-state index contributed by atoms with van der Waals surface area (Å²) >= 11 is 0. The minimum Gasteiger partial charge on any atom is -0.420 e. The summed E-state index contributed by atoms with van der Waals surface area (Å²) in [5.41, 5.74) is 3.03. The van der Waals surface area contributed by atoms with Crippen LogP contribution in [0.15, 0.2) is 54.9 Å². The van der Waals surface area contributed by atoms with Crippen molar-refractivity contribution in [3.63, 3.8) is 0 Å². The van der Waals surface area contributed by atoms with Crippen LogP contribution in [0.5, 0.6) is 5.75 Å². The summed E-state index contributed by atoms with van der Waals surface area (Å²) < 4.78 is 19.9. The first-order valence-corrected chi connectivity index (χ1v) is 13.5. The third kappa shape index (κ3) is 8.85. The lowest BCUT2D eigenvalue weighted by molar-refractivity contribution is 0.0728. The molecule has 0 saturated carbocycles. The van der Waals surface area contributed by atoms with Crippen LogP contribution in [0.25, 0.3) is 11.4 Å². The van der Waals surface area contributed by atoms with Crippen LogP contribution in [0.1, 0.15) is 99.5 Å². The lowest BCUT2D eigenvalue weighted by atomic mass is 10.0. The van der Waals surface area contributed by atoms with Crippen LogP contribution in [-0.4, -0.2) is 15.9 Å². The van der Waals surface area contributed by atoms with Gasteiger partial charge < -0.3 is 4.74 Å². The average molecular weight is 491 g/mol. The Morgan fingerprint density at radius 2 is 1.31 bits per heavy atom. The Bertz CT molecular complexity index is 1060. The van der Waals surface area contributed by atoms with Gasteiger partial charge in [-0.15, -0.1) is 0 Å². The first-order chi connectivity index (χ1) is 17.6. The molecule has 2 aromatic carbocycles. The van der Waals surface area contributed by atoms with E-state index >= 15 is 0 Å². The molecule has 1 aromatic heterocycles. The van der Waals surface area contributed by atoms with Crippen molar-refractivity contribution in [1.29, 1.82) is 0 Å². The number of benzene rings is 2. The van der Waals surface area contributed by atoms with Gasteiger partial charge in [0.15, 0.2) is 11.6 Å². The maximum Gasteiger partial charge on any atom is 0.346 e. The van der Waals surface area contributed by atoms with Gasteiger partial charge in [-0.1, -0.05) is 95.5 Å². The topological polar surface area (TPSA) is 52.1 Å². The highest BCUT2D eigenvalue weighted by Gasteiger charge is 2.15. The molecule has 0 atom stereocenters. The van der Waals surface area contributed by atoms with Gasteiger partial charge in [0.05, 0.1) is 18.0 Å². The van der Waals surface area contributed by atoms with E-state index in [9.17, 15) is 9.18 Å². The first-order valence-electron chi connectivity index (χ1n) is 13.5. The number of carbonyl (C=O) groups excluding carboxylic acids is 1. The zero-order valence-corrected chi connectivity index (χ0v) is 21.8. The second-order valence-electron chi connectivity index (χ2n) is 9.47. The molecule has 0 saturated heterocycles. The summed E-state index contributed by atoms with van der Waals surface area (Å²) in [6.07, 6.45) is 16.9. The Kier molecular flexibility index (Phi) is 11.6. The predicted molar refractivity (Wildman–Crippen MR) is 144 cm³/mol. The van der Waals surface area contributed by atoms with E-state index in [1.54, 1.807) is 6.07 Å². The van der Waals surface area contributed by atoms with Crippen molar-refractivity contribution in [2.45, 2.75) is 90.9 Å². The zero-order valence-electron chi connectivity index (χ0n) is 21.8. The highest BCUT2D eigenvalue weighted by atomic mass is 19.1. The molecule has 3 rings (SSSR count). The number of halogens is 1. The van der Waals surface area contributed by atoms with Crippen LogP contribution in [0.3, 0.4) is 0 Å². The van der Waals surface area contributed by atoms with Gasteiger partial charge in [0.25, 0.3) is 0 Å². The van der Waals surface area contributed by atoms with Crippen LogP contribution in [0.2, 0.25) is 0 Å². The molecule has 4 nitrogen and oxygen atoms in total. The van der Waals surface area contributed by atoms with Gasteiger partial charge in [0.2, 0.25) is 0 Å². The quantitative estimate of drug-likeness (QED) is 0.158. The standard InChI is InChI=1S/C31H39FN2O2/c1-3-5-7-9-11-13-24-15-18-26(19-16-24)30-33-22-27(23-34-30)36-31(35)28-20-17-25(21-29(28)32)14-12-10-8-6-4-2/h15-23H,3-14H2,1-2H3. The van der Waals surface area contributed by atoms with Crippen LogP contribution in [-0.2, 0) is 12.8 Å². The van der Waals surface area contributed by atoms with E-state index in [1.807, 2.05) is 12.1 Å². The summed E-state index contributed by atoms with van der Waals surface area (Å²) in [5, 5.41) is 0. The number of carbonyl (C=O) groups is 1. The van der Waals surface area contributed by atoms with Crippen molar-refractivity contribution < 1.29 is 13.9 Å². The van der Waals surface area contributed by atoms with Crippen LogP contribution < -0.4 is 4.74 Å². The van der Waals surface area contributed by atoms with E-state index in [1.165, 1.54) is 81.5 Å². The molecule has 0 aliphatic rings. The first kappa shape index (κ1) is 27.5. The number of unbranched alkanes of at least 4 members (excludes halogenated alkanes) is 8. The minimum atomic E-state index is -0.748. The second-order valence-corrected chi connectivity index (χ2v) is 9.47. The smallest absolute Gasteiger partial charge is 0.346 e. The second kappa shape index (κ2) is 15.1. The SMILES string of the molecule is CCCCCCCc1ccc(-c2ncc(OC(=O)c3ccc(CCCCCCC)cc3F)cn2)cc1. The molecule has 3 aromatic rings. The van der Waals surface area contributed by atoms with E-state index in [0.717, 1.165) is 36.8 Å². The van der Waals surface area contributed by atoms with E-state index in [0.29, 0.717) is 5.82 Å². The minimum absolute atomic E-state index is 0.0842. The largest absolute Gasteiger partial charge is 0.420 e. The van der Waals surface area contributed by atoms with Crippen molar-refractivity contribution in [1.82, 2.24) is 9.97 Å². The summed E-state index contributed by atoms with van der Waals surface area (Å²) in [7, 11) is 0. The highest BCUT2D eigenvalue weighted by Crippen LogP contribution is 2.20. The summed E-state index contributed by atoms with van der Waals surface area (Å²) in [6.45, 7) is 4.41. The van der Waals surface area contributed by atoms with Crippen molar-refractivity contribution in [3.8, 4) is 17.1 Å². The fourth-order valence-corrected chi connectivity index (χ4v) is 4.25. The molecule has 0 fully saturated rings. The number of hydrogen-bond donors (Lipinski definition) is 0. The van der Waals surface area contributed by atoms with Crippen molar-refractivity contribution >= 4 is 5.97 Å². The number of aryl methyl sites for hydroxylation is 2. The molecule has 0 aliphatic heterocycles. The number of nitrogens with zero attached hydrogens (tertiary/aromatic N) is 2. The fraction of sp³-hybridized carbons (Fsp3) is 0.452. The molecule has 0 unspecified atom stereocenters. The third-order valence-corrected chi connectivity index (χ3v) is 6.44. The van der Waals surface area contributed by atoms with Gasteiger partial charge >= 0.3 is 5.97 Å². The summed E-state index contributed by atoms with van der Waals surface area (Å²) in [4.78, 5) is 21.2. The van der Waals surface area contributed by atoms with E-state index in [4.69, 9.17) is 4.74 Å².